The number of ether oxygens (including phenoxy) is 2. The lowest BCUT2D eigenvalue weighted by Gasteiger charge is -2.48. The quantitative estimate of drug-likeness (QED) is 0.572. The van der Waals surface area contributed by atoms with E-state index in [9.17, 15) is 9.59 Å². The molecule has 1 N–H and O–H groups in total. The lowest BCUT2D eigenvalue weighted by molar-refractivity contribution is -0.160. The van der Waals surface area contributed by atoms with Crippen LogP contribution in [0.25, 0.3) is 10.9 Å². The van der Waals surface area contributed by atoms with Gasteiger partial charge in [0.25, 0.3) is 0 Å². The molecule has 2 amide bonds. The van der Waals surface area contributed by atoms with Gasteiger partial charge >= 0.3 is 0 Å². The minimum atomic E-state index is -0.542. The molecule has 0 bridgehead atoms. The third-order valence-corrected chi connectivity index (χ3v) is 7.28. The molecule has 3 atom stereocenters. The molecule has 2 aliphatic heterocycles. The Balaban J connectivity index is 1.67. The number of carbonyl (C=O) groups is 2. The molecule has 35 heavy (non-hydrogen) atoms. The van der Waals surface area contributed by atoms with E-state index in [1.807, 2.05) is 64.1 Å². The lowest BCUT2D eigenvalue weighted by atomic mass is 9.85. The van der Waals surface area contributed by atoms with E-state index in [2.05, 4.69) is 11.1 Å². The van der Waals surface area contributed by atoms with Crippen LogP contribution in [0.4, 0.5) is 0 Å². The van der Waals surface area contributed by atoms with Crippen molar-refractivity contribution >= 4 is 22.7 Å². The van der Waals surface area contributed by atoms with Crippen molar-refractivity contribution in [1.82, 2.24) is 14.8 Å². The highest BCUT2D eigenvalue weighted by atomic mass is 16.5. The van der Waals surface area contributed by atoms with Gasteiger partial charge in [0.05, 0.1) is 19.3 Å². The normalized spacial score (nSPS) is 20.7. The fourth-order valence-electron chi connectivity index (χ4n) is 5.43. The maximum absolute atomic E-state index is 13.7. The van der Waals surface area contributed by atoms with E-state index in [-0.39, 0.29) is 30.5 Å². The molecule has 1 saturated heterocycles. The number of methoxy groups -OCH3 is 1. The van der Waals surface area contributed by atoms with E-state index in [4.69, 9.17) is 9.47 Å². The first kappa shape index (κ1) is 23.3. The number of benzene rings is 2. The third kappa shape index (κ3) is 3.83. The van der Waals surface area contributed by atoms with Gasteiger partial charge in [-0.3, -0.25) is 9.59 Å². The summed E-state index contributed by atoms with van der Waals surface area (Å²) >= 11 is 0. The molecule has 2 aromatic carbocycles. The van der Waals surface area contributed by atoms with E-state index >= 15 is 0 Å². The average molecular weight is 476 g/mol. The van der Waals surface area contributed by atoms with E-state index in [0.717, 1.165) is 34.1 Å². The van der Waals surface area contributed by atoms with Gasteiger partial charge in [-0.1, -0.05) is 31.2 Å². The van der Waals surface area contributed by atoms with Gasteiger partial charge in [-0.05, 0) is 56.5 Å². The predicted molar refractivity (Wildman–Crippen MR) is 135 cm³/mol. The largest absolute Gasteiger partial charge is 0.493 e. The monoisotopic (exact) mass is 475 g/mol. The van der Waals surface area contributed by atoms with Crippen LogP contribution in [-0.2, 0) is 16.0 Å². The zero-order valence-corrected chi connectivity index (χ0v) is 21.0. The van der Waals surface area contributed by atoms with Gasteiger partial charge in [-0.15, -0.1) is 0 Å². The van der Waals surface area contributed by atoms with Crippen LogP contribution in [0.5, 0.6) is 11.5 Å². The Morgan fingerprint density at radius 1 is 1.09 bits per heavy atom. The van der Waals surface area contributed by atoms with Crippen molar-refractivity contribution in [3.8, 4) is 11.5 Å². The fourth-order valence-corrected chi connectivity index (χ4v) is 5.43. The molecule has 3 heterocycles. The second-order valence-electron chi connectivity index (χ2n) is 9.79. The SMILES string of the molecule is CC[C@@H](C)N1CC(=O)N2[C@H](c3ccc(OC(C)C)c(OC)c3)c3[nH]c4ccccc4c3C[C@H]2C1=O. The number of carbonyl (C=O) groups excluding carboxylic acids is 2. The van der Waals surface area contributed by atoms with E-state index < -0.39 is 12.1 Å². The van der Waals surface area contributed by atoms with Crippen LogP contribution in [0.1, 0.15) is 57.0 Å². The van der Waals surface area contributed by atoms with Crippen molar-refractivity contribution in [3.63, 3.8) is 0 Å². The third-order valence-electron chi connectivity index (χ3n) is 7.28. The molecular formula is C28H33N3O4. The Kier molecular flexibility index (Phi) is 5.95. The number of amides is 2. The number of para-hydroxylation sites is 1. The van der Waals surface area contributed by atoms with Crippen molar-refractivity contribution in [2.24, 2.45) is 0 Å². The second kappa shape index (κ2) is 8.95. The summed E-state index contributed by atoms with van der Waals surface area (Å²) < 4.78 is 11.6. The van der Waals surface area contributed by atoms with Crippen LogP contribution in [0.2, 0.25) is 0 Å². The van der Waals surface area contributed by atoms with Gasteiger partial charge in [-0.25, -0.2) is 0 Å². The molecule has 0 radical (unpaired) electrons. The Hall–Kier alpha value is -3.48. The number of hydrogen-bond acceptors (Lipinski definition) is 4. The van der Waals surface area contributed by atoms with Gasteiger partial charge in [0, 0.05) is 29.1 Å². The molecule has 7 heteroatoms. The van der Waals surface area contributed by atoms with Gasteiger partial charge in [0.1, 0.15) is 12.6 Å². The summed E-state index contributed by atoms with van der Waals surface area (Å²) in [5, 5.41) is 1.10. The standard InChI is InChI=1S/C28H33N3O4/c1-6-17(4)30-15-25(32)31-22(28(30)33)14-20-19-9-7-8-10-21(19)29-26(20)27(31)18-11-12-23(35-16(2)3)24(13-18)34-5/h7-13,16-17,22,27,29H,6,14-15H2,1-5H3/t17-,22+,27-/m1/s1. The highest BCUT2D eigenvalue weighted by molar-refractivity contribution is 5.97. The second-order valence-corrected chi connectivity index (χ2v) is 9.79. The maximum atomic E-state index is 13.7. The van der Waals surface area contributed by atoms with Crippen molar-refractivity contribution < 1.29 is 19.1 Å². The zero-order valence-electron chi connectivity index (χ0n) is 21.0. The Labute approximate surface area is 206 Å². The number of nitrogens with zero attached hydrogens (tertiary/aromatic N) is 2. The summed E-state index contributed by atoms with van der Waals surface area (Å²) in [5.74, 6) is 1.24. The highest BCUT2D eigenvalue weighted by Gasteiger charge is 2.49. The first-order valence-electron chi connectivity index (χ1n) is 12.4. The number of aromatic nitrogens is 1. The zero-order chi connectivity index (χ0) is 24.9. The van der Waals surface area contributed by atoms with Gasteiger partial charge in [-0.2, -0.15) is 0 Å². The van der Waals surface area contributed by atoms with E-state index in [0.29, 0.717) is 17.9 Å². The molecule has 1 aromatic heterocycles. The summed E-state index contributed by atoms with van der Waals surface area (Å²) in [6.45, 7) is 8.09. The van der Waals surface area contributed by atoms with Crippen molar-refractivity contribution in [2.45, 2.75) is 64.8 Å². The minimum absolute atomic E-state index is 0.00181. The first-order valence-corrected chi connectivity index (χ1v) is 12.4. The van der Waals surface area contributed by atoms with Crippen molar-refractivity contribution in [2.75, 3.05) is 13.7 Å². The topological polar surface area (TPSA) is 74.9 Å². The van der Waals surface area contributed by atoms with Crippen LogP contribution in [0.3, 0.4) is 0 Å². The van der Waals surface area contributed by atoms with E-state index in [1.165, 1.54) is 0 Å². The number of nitrogens with one attached hydrogen (secondary N) is 1. The lowest BCUT2D eigenvalue weighted by Crippen LogP contribution is -2.64. The van der Waals surface area contributed by atoms with Crippen LogP contribution < -0.4 is 9.47 Å². The summed E-state index contributed by atoms with van der Waals surface area (Å²) in [5.41, 5.74) is 3.95. The van der Waals surface area contributed by atoms with Gasteiger partial charge in [0.2, 0.25) is 11.8 Å². The highest BCUT2D eigenvalue weighted by Crippen LogP contribution is 2.44. The molecule has 1 fully saturated rings. The Morgan fingerprint density at radius 2 is 1.86 bits per heavy atom. The Morgan fingerprint density at radius 3 is 2.57 bits per heavy atom. The predicted octanol–water partition coefficient (Wildman–Crippen LogP) is 4.45. The number of rotatable bonds is 6. The number of piperazine rings is 1. The molecule has 0 unspecified atom stereocenters. The van der Waals surface area contributed by atoms with Crippen LogP contribution in [0.15, 0.2) is 42.5 Å². The number of H-pyrrole nitrogens is 1. The summed E-state index contributed by atoms with van der Waals surface area (Å²) in [6.07, 6.45) is 1.31. The molecule has 7 nitrogen and oxygen atoms in total. The summed E-state index contributed by atoms with van der Waals surface area (Å²) in [7, 11) is 1.62. The maximum Gasteiger partial charge on any atom is 0.246 e. The molecule has 184 valence electrons. The molecule has 0 aliphatic carbocycles. The first-order chi connectivity index (χ1) is 16.8. The van der Waals surface area contributed by atoms with Crippen LogP contribution >= 0.6 is 0 Å². The summed E-state index contributed by atoms with van der Waals surface area (Å²) in [4.78, 5) is 34.5. The summed E-state index contributed by atoms with van der Waals surface area (Å²) in [6, 6.07) is 13.0. The van der Waals surface area contributed by atoms with Crippen LogP contribution in [-0.4, -0.2) is 58.4 Å². The number of fused-ring (bicyclic) bond motifs is 4. The molecule has 3 aromatic rings. The molecule has 5 rings (SSSR count). The van der Waals surface area contributed by atoms with Crippen molar-refractivity contribution in [1.29, 1.82) is 0 Å². The minimum Gasteiger partial charge on any atom is -0.493 e. The smallest absolute Gasteiger partial charge is 0.246 e. The molecule has 0 spiro atoms. The molecule has 0 saturated carbocycles. The van der Waals surface area contributed by atoms with E-state index in [1.54, 1.807) is 16.9 Å². The van der Waals surface area contributed by atoms with Gasteiger partial charge in [0.15, 0.2) is 11.5 Å². The fraction of sp³-hybridized carbons (Fsp3) is 0.429. The van der Waals surface area contributed by atoms with Gasteiger partial charge < -0.3 is 24.3 Å². The number of aromatic amines is 1. The molecule has 2 aliphatic rings. The Bertz CT molecular complexity index is 1280. The average Bonchev–Trinajstić information content (AvgIpc) is 3.23. The van der Waals surface area contributed by atoms with Crippen LogP contribution in [0, 0.1) is 0 Å². The van der Waals surface area contributed by atoms with Crippen molar-refractivity contribution in [3.05, 3.63) is 59.3 Å². The molecular weight excluding hydrogens is 442 g/mol. The number of hydrogen-bond donors (Lipinski definition) is 1.